The molecule has 1 fully saturated rings. The Morgan fingerprint density at radius 3 is 2.49 bits per heavy atom. The molecule has 0 bridgehead atoms. The molecule has 41 heavy (non-hydrogen) atoms. The van der Waals surface area contributed by atoms with Gasteiger partial charge in [0.25, 0.3) is 0 Å². The van der Waals surface area contributed by atoms with Gasteiger partial charge in [0.05, 0.1) is 10.7 Å². The summed E-state index contributed by atoms with van der Waals surface area (Å²) in [4.78, 5) is 14.8. The molecule has 214 valence electrons. The largest absolute Gasteiger partial charge is 0.507 e. The smallest absolute Gasteiger partial charge is 0.332 e. The van der Waals surface area contributed by atoms with E-state index in [2.05, 4.69) is 36.1 Å². The number of aromatic hydroxyl groups is 1. The topological polar surface area (TPSA) is 53.4 Å². The third-order valence-electron chi connectivity index (χ3n) is 8.14. The highest BCUT2D eigenvalue weighted by Crippen LogP contribution is 2.41. The van der Waals surface area contributed by atoms with Crippen LogP contribution in [0.4, 0.5) is 10.1 Å². The number of phenols is 1. The van der Waals surface area contributed by atoms with Crippen molar-refractivity contribution in [1.82, 2.24) is 9.13 Å². The Morgan fingerprint density at radius 1 is 1.10 bits per heavy atom. The van der Waals surface area contributed by atoms with Gasteiger partial charge in [-0.05, 0) is 80.1 Å². The van der Waals surface area contributed by atoms with Gasteiger partial charge in [0.15, 0.2) is 0 Å². The molecule has 8 heteroatoms. The Labute approximate surface area is 245 Å². The van der Waals surface area contributed by atoms with E-state index in [1.807, 2.05) is 18.2 Å². The molecule has 1 aliphatic heterocycles. The van der Waals surface area contributed by atoms with Crippen molar-refractivity contribution < 1.29 is 14.1 Å². The molecule has 3 aromatic carbocycles. The van der Waals surface area contributed by atoms with Crippen LogP contribution >= 0.6 is 11.6 Å². The fraction of sp³-hybridized carbons (Fsp3) is 0.333. The molecule has 1 N–H and O–H groups in total. The van der Waals surface area contributed by atoms with E-state index >= 15 is 0 Å². The Bertz CT molecular complexity index is 1640. The third kappa shape index (κ3) is 6.10. The van der Waals surface area contributed by atoms with Crippen LogP contribution in [0.1, 0.15) is 33.1 Å². The van der Waals surface area contributed by atoms with Crippen LogP contribution in [0.15, 0.2) is 71.8 Å². The molecule has 0 amide bonds. The minimum absolute atomic E-state index is 0.0218. The van der Waals surface area contributed by atoms with Crippen LogP contribution in [0, 0.1) is 11.7 Å². The summed E-state index contributed by atoms with van der Waals surface area (Å²) in [6.07, 6.45) is 6.73. The predicted molar refractivity (Wildman–Crippen MR) is 165 cm³/mol. The number of aromatic nitrogens is 2. The van der Waals surface area contributed by atoms with Gasteiger partial charge in [-0.3, -0.25) is 4.57 Å². The minimum Gasteiger partial charge on any atom is -0.507 e. The van der Waals surface area contributed by atoms with Crippen molar-refractivity contribution in [2.75, 3.05) is 24.5 Å². The summed E-state index contributed by atoms with van der Waals surface area (Å²) in [5, 5.41) is 11.7. The number of hydrogen-bond donors (Lipinski definition) is 1. The molecule has 1 saturated heterocycles. The number of hydrogen-bond acceptors (Lipinski definition) is 3. The molecule has 1 aliphatic rings. The zero-order chi connectivity index (χ0) is 29.3. The normalized spacial score (nSPS) is 15.2. The molecule has 0 saturated carbocycles. The Morgan fingerprint density at radius 2 is 1.83 bits per heavy atom. The van der Waals surface area contributed by atoms with E-state index < -0.39 is 5.82 Å². The second-order valence-corrected chi connectivity index (χ2v) is 11.7. The number of imidazole rings is 1. The van der Waals surface area contributed by atoms with Crippen LogP contribution in [0.25, 0.3) is 27.9 Å². The number of aryl methyl sites for hydroxylation is 1. The predicted octanol–water partition coefficient (Wildman–Crippen LogP) is 6.74. The molecule has 6 nitrogen and oxygen atoms in total. The quantitative estimate of drug-likeness (QED) is 0.178. The maximum absolute atomic E-state index is 14.9. The van der Waals surface area contributed by atoms with Gasteiger partial charge in [-0.1, -0.05) is 29.8 Å². The van der Waals surface area contributed by atoms with Gasteiger partial charge in [-0.2, -0.15) is 0 Å². The van der Waals surface area contributed by atoms with Crippen molar-refractivity contribution in [3.05, 3.63) is 88.3 Å². The first-order valence-electron chi connectivity index (χ1n) is 14.1. The van der Waals surface area contributed by atoms with Crippen molar-refractivity contribution in [2.45, 2.75) is 39.2 Å². The van der Waals surface area contributed by atoms with Gasteiger partial charge >= 0.3 is 5.69 Å². The van der Waals surface area contributed by atoms with Crippen LogP contribution in [-0.4, -0.2) is 51.2 Å². The van der Waals surface area contributed by atoms with Gasteiger partial charge < -0.3 is 14.6 Å². The van der Waals surface area contributed by atoms with E-state index in [0.29, 0.717) is 39.4 Å². The summed E-state index contributed by atoms with van der Waals surface area (Å²) < 4.78 is 20.0. The van der Waals surface area contributed by atoms with Crippen molar-refractivity contribution >= 4 is 24.0 Å². The second-order valence-electron chi connectivity index (χ2n) is 11.3. The molecule has 1 atom stereocenters. The Hall–Kier alpha value is -3.84. The molecule has 4 aromatic rings. The lowest BCUT2D eigenvalue weighted by Crippen LogP contribution is -2.21. The monoisotopic (exact) mass is 575 g/mol. The van der Waals surface area contributed by atoms with Crippen molar-refractivity contribution in [3.63, 3.8) is 0 Å². The first-order valence-corrected chi connectivity index (χ1v) is 14.5. The highest BCUT2D eigenvalue weighted by Gasteiger charge is 2.24. The second kappa shape index (κ2) is 12.0. The fourth-order valence-corrected chi connectivity index (χ4v) is 5.84. The van der Waals surface area contributed by atoms with Gasteiger partial charge in [0.2, 0.25) is 0 Å². The lowest BCUT2D eigenvalue weighted by atomic mass is 9.96. The van der Waals surface area contributed by atoms with E-state index in [-0.39, 0.29) is 11.4 Å². The zero-order valence-electron chi connectivity index (χ0n) is 23.9. The molecular weight excluding hydrogens is 539 g/mol. The van der Waals surface area contributed by atoms with E-state index in [0.717, 1.165) is 43.7 Å². The van der Waals surface area contributed by atoms with E-state index in [1.54, 1.807) is 37.6 Å². The maximum atomic E-state index is 14.9. The van der Waals surface area contributed by atoms with Crippen LogP contribution in [0.2, 0.25) is 5.02 Å². The lowest BCUT2D eigenvalue weighted by molar-refractivity contribution is -0.551. The Balaban J connectivity index is 1.37. The minimum atomic E-state index is -0.459. The number of phenolic OH excluding ortho intramolecular Hbond substituents is 1. The van der Waals surface area contributed by atoms with Crippen molar-refractivity contribution in [1.29, 1.82) is 0 Å². The van der Waals surface area contributed by atoms with Crippen LogP contribution in [0.3, 0.4) is 0 Å². The Kier molecular flexibility index (Phi) is 8.36. The lowest BCUT2D eigenvalue weighted by Gasteiger charge is -2.20. The first kappa shape index (κ1) is 28.7. The third-order valence-corrected chi connectivity index (χ3v) is 8.44. The molecule has 0 aliphatic carbocycles. The molecule has 5 rings (SSSR count). The fourth-order valence-electron chi connectivity index (χ4n) is 5.57. The average Bonchev–Trinajstić information content (AvgIpc) is 3.56. The maximum Gasteiger partial charge on any atom is 0.332 e. The number of benzene rings is 3. The summed E-state index contributed by atoms with van der Waals surface area (Å²) in [7, 11) is 1.66. The van der Waals surface area contributed by atoms with Crippen molar-refractivity contribution in [2.24, 2.45) is 13.0 Å². The van der Waals surface area contributed by atoms with Crippen molar-refractivity contribution in [3.8, 4) is 33.7 Å². The average molecular weight is 576 g/mol. The highest BCUT2D eigenvalue weighted by molar-refractivity contribution is 6.32. The first-order chi connectivity index (χ1) is 19.6. The van der Waals surface area contributed by atoms with Gasteiger partial charge in [0.1, 0.15) is 30.9 Å². The van der Waals surface area contributed by atoms with Gasteiger partial charge in [-0.25, -0.2) is 13.8 Å². The van der Waals surface area contributed by atoms with Crippen LogP contribution < -0.4 is 10.6 Å². The molecule has 0 radical (unpaired) electrons. The summed E-state index contributed by atoms with van der Waals surface area (Å²) in [6.45, 7) is 11.4. The summed E-state index contributed by atoms with van der Waals surface area (Å²) in [5.74, 6) is 0.152. The van der Waals surface area contributed by atoms with Crippen LogP contribution in [0.5, 0.6) is 5.75 Å². The molecule has 1 aromatic heterocycles. The number of nitrogens with zero attached hydrogens (tertiary/aromatic N) is 4. The van der Waals surface area contributed by atoms with Gasteiger partial charge in [0, 0.05) is 55.8 Å². The molecule has 2 heterocycles. The summed E-state index contributed by atoms with van der Waals surface area (Å²) in [5.41, 5.74) is 3.40. The van der Waals surface area contributed by atoms with E-state index in [4.69, 9.17) is 11.6 Å². The number of halogens is 2. The summed E-state index contributed by atoms with van der Waals surface area (Å²) >= 11 is 6.55. The molecular formula is C33H37ClFN4O2+. The summed E-state index contributed by atoms with van der Waals surface area (Å²) in [6, 6.07) is 16.1. The van der Waals surface area contributed by atoms with Gasteiger partial charge in [-0.15, -0.1) is 0 Å². The number of anilines is 1. The number of rotatable bonds is 9. The highest BCUT2D eigenvalue weighted by atomic mass is 35.5. The molecule has 0 unspecified atom stereocenters. The van der Waals surface area contributed by atoms with Crippen LogP contribution in [-0.2, 0) is 7.05 Å². The standard InChI is InChI=1S/C33H36ClFN4O2/c1-22(2)36(3)13-6-7-23-12-14-38(21-23)27-9-5-8-24(17-27)28-19-26(35)20-29(32(28)40)25-10-11-31(30(34)18-25)39-16-15-37(4)33(39)41/h5,8-11,15-20,22-23H,3,6-7,12-14,21H2,1-2,4H3/p+1/t23-/m1/s1. The SMILES string of the molecule is C=[N+](CCC[C@@H]1CCN(c2cccc(-c3cc(F)cc(-c4ccc(-n5ccn(C)c5=O)c(Cl)c4)c3O)c2)C1)C(C)C. The van der Waals surface area contributed by atoms with E-state index in [9.17, 15) is 14.3 Å². The van der Waals surface area contributed by atoms with E-state index in [1.165, 1.54) is 27.7 Å². The zero-order valence-corrected chi connectivity index (χ0v) is 24.6. The molecule has 0 spiro atoms.